The maximum Gasteiger partial charge on any atom is 0.416 e. The number of rotatable bonds is 4. The Morgan fingerprint density at radius 1 is 1.13 bits per heavy atom. The number of anilines is 1. The third-order valence-corrected chi connectivity index (χ3v) is 7.08. The minimum Gasteiger partial charge on any atom is -0.507 e. The highest BCUT2D eigenvalue weighted by Crippen LogP contribution is 2.40. The fraction of sp³-hybridized carbons (Fsp3) is 0.577. The van der Waals surface area contributed by atoms with Gasteiger partial charge in [-0.2, -0.15) is 13.2 Å². The van der Waals surface area contributed by atoms with Crippen molar-refractivity contribution in [1.82, 2.24) is 20.0 Å². The van der Waals surface area contributed by atoms with Gasteiger partial charge in [0.05, 0.1) is 18.8 Å². The number of phenols is 1. The lowest BCUT2D eigenvalue weighted by Crippen LogP contribution is -2.63. The van der Waals surface area contributed by atoms with Gasteiger partial charge in [-0.3, -0.25) is 4.90 Å². The van der Waals surface area contributed by atoms with Gasteiger partial charge in [0, 0.05) is 48.4 Å². The van der Waals surface area contributed by atoms with Crippen LogP contribution in [0.15, 0.2) is 18.2 Å². The van der Waals surface area contributed by atoms with Crippen LogP contribution >= 0.6 is 0 Å². The number of aromatic hydroxyl groups is 1. The first-order valence-corrected chi connectivity index (χ1v) is 12.7. The molecule has 0 radical (unpaired) electrons. The molecule has 2 N–H and O–H groups in total. The second-order valence-electron chi connectivity index (χ2n) is 11.1. The van der Waals surface area contributed by atoms with Gasteiger partial charge in [-0.15, -0.1) is 10.2 Å². The Bertz CT molecular complexity index is 1210. The number of halogens is 3. The summed E-state index contributed by atoms with van der Waals surface area (Å²) in [7, 11) is 0. The minimum absolute atomic E-state index is 0.114. The number of nitrogens with zero attached hydrogens (tertiary/aromatic N) is 4. The van der Waals surface area contributed by atoms with Gasteiger partial charge in [0.1, 0.15) is 17.0 Å². The van der Waals surface area contributed by atoms with Crippen molar-refractivity contribution in [2.24, 2.45) is 0 Å². The van der Waals surface area contributed by atoms with Gasteiger partial charge < -0.3 is 24.8 Å². The summed E-state index contributed by atoms with van der Waals surface area (Å²) >= 11 is 0. The Morgan fingerprint density at radius 2 is 1.87 bits per heavy atom. The van der Waals surface area contributed by atoms with E-state index >= 15 is 0 Å². The first-order chi connectivity index (χ1) is 17.9. The molecule has 0 aliphatic carbocycles. The van der Waals surface area contributed by atoms with E-state index in [1.54, 1.807) is 4.90 Å². The topological polar surface area (TPSA) is 100 Å². The van der Waals surface area contributed by atoms with E-state index in [0.29, 0.717) is 42.8 Å². The van der Waals surface area contributed by atoms with Gasteiger partial charge in [-0.1, -0.05) is 0 Å². The van der Waals surface area contributed by atoms with Crippen LogP contribution in [-0.2, 0) is 28.9 Å². The lowest BCUT2D eigenvalue weighted by Gasteiger charge is -2.47. The second kappa shape index (κ2) is 9.88. The van der Waals surface area contributed by atoms with Gasteiger partial charge in [-0.05, 0) is 58.4 Å². The smallest absolute Gasteiger partial charge is 0.416 e. The van der Waals surface area contributed by atoms with Gasteiger partial charge in [0.25, 0.3) is 0 Å². The highest BCUT2D eigenvalue weighted by atomic mass is 19.4. The highest BCUT2D eigenvalue weighted by molar-refractivity contribution is 5.73. The predicted octanol–water partition coefficient (Wildman–Crippen LogP) is 4.39. The van der Waals surface area contributed by atoms with Crippen molar-refractivity contribution in [3.8, 4) is 17.0 Å². The Kier molecular flexibility index (Phi) is 6.89. The number of ether oxygens (including phenoxy) is 2. The van der Waals surface area contributed by atoms with Crippen molar-refractivity contribution in [2.75, 3.05) is 31.5 Å². The van der Waals surface area contributed by atoms with E-state index in [2.05, 4.69) is 20.4 Å². The quantitative estimate of drug-likeness (QED) is 0.595. The number of piperidine rings is 1. The maximum atomic E-state index is 13.0. The summed E-state index contributed by atoms with van der Waals surface area (Å²) in [4.78, 5) is 16.4. The summed E-state index contributed by atoms with van der Waals surface area (Å²) < 4.78 is 50.2. The largest absolute Gasteiger partial charge is 0.507 e. The number of benzene rings is 1. The van der Waals surface area contributed by atoms with Crippen LogP contribution in [0.4, 0.5) is 23.8 Å². The van der Waals surface area contributed by atoms with Crippen molar-refractivity contribution in [2.45, 2.75) is 70.7 Å². The molecule has 0 bridgehead atoms. The van der Waals surface area contributed by atoms with Crippen molar-refractivity contribution >= 4 is 11.9 Å². The van der Waals surface area contributed by atoms with E-state index in [1.807, 2.05) is 20.8 Å². The van der Waals surface area contributed by atoms with Crippen LogP contribution in [0.2, 0.25) is 0 Å². The van der Waals surface area contributed by atoms with Gasteiger partial charge in [0.15, 0.2) is 5.82 Å². The Labute approximate surface area is 218 Å². The van der Waals surface area contributed by atoms with E-state index in [-0.39, 0.29) is 30.3 Å². The molecule has 1 atom stereocenters. The maximum absolute atomic E-state index is 13.0. The van der Waals surface area contributed by atoms with E-state index < -0.39 is 23.1 Å². The molecule has 0 unspecified atom stereocenters. The summed E-state index contributed by atoms with van der Waals surface area (Å²) in [6, 6.07) is 3.23. The molecular weight excluding hydrogens is 503 g/mol. The molecule has 3 aliphatic rings. The lowest BCUT2D eigenvalue weighted by molar-refractivity contribution is -0.137. The van der Waals surface area contributed by atoms with Gasteiger partial charge in [0.2, 0.25) is 0 Å². The fourth-order valence-electron chi connectivity index (χ4n) is 5.12. The molecule has 1 aromatic carbocycles. The number of amides is 1. The minimum atomic E-state index is -4.55. The standard InChI is InChI=1S/C26H32F3N5O4/c1-25(2,3)38-24(36)34-11-17(12-34)33-8-4-5-16(10-33)30-23-20-14-37-13-19(20)22(31-32-23)18-7-6-15(9-21(18)35)26(27,28)29/h6-7,9,16-17,35H,4-5,8,10-14H2,1-3H3,(H,30,32)/t16-/m1/s1. The molecule has 4 heterocycles. The fourth-order valence-corrected chi connectivity index (χ4v) is 5.12. The molecule has 5 rings (SSSR count). The SMILES string of the molecule is CC(C)(C)OC(=O)N1CC(N2CCC[C@@H](Nc3nnc(-c4ccc(C(F)(F)F)cc4O)c4c3COC4)C2)C1. The summed E-state index contributed by atoms with van der Waals surface area (Å²) in [5, 5.41) is 22.4. The number of aromatic nitrogens is 2. The van der Waals surface area contributed by atoms with E-state index in [9.17, 15) is 23.1 Å². The highest BCUT2D eigenvalue weighted by Gasteiger charge is 2.39. The monoisotopic (exact) mass is 535 g/mol. The zero-order valence-corrected chi connectivity index (χ0v) is 21.6. The number of carbonyl (C=O) groups is 1. The van der Waals surface area contributed by atoms with E-state index in [0.717, 1.165) is 37.6 Å². The number of nitrogens with one attached hydrogen (secondary N) is 1. The van der Waals surface area contributed by atoms with Crippen molar-refractivity contribution in [3.63, 3.8) is 0 Å². The molecule has 9 nitrogen and oxygen atoms in total. The predicted molar refractivity (Wildman–Crippen MR) is 132 cm³/mol. The molecule has 2 saturated heterocycles. The zero-order chi connectivity index (χ0) is 27.2. The number of hydrogen-bond donors (Lipinski definition) is 2. The molecule has 38 heavy (non-hydrogen) atoms. The first-order valence-electron chi connectivity index (χ1n) is 12.7. The number of phenolic OH excluding ortho intramolecular Hbond substituents is 1. The molecule has 206 valence electrons. The number of likely N-dealkylation sites (tertiary alicyclic amines) is 2. The Balaban J connectivity index is 1.26. The lowest BCUT2D eigenvalue weighted by atomic mass is 9.99. The zero-order valence-electron chi connectivity index (χ0n) is 21.6. The van der Waals surface area contributed by atoms with Crippen LogP contribution in [0.3, 0.4) is 0 Å². The molecule has 2 aromatic rings. The summed E-state index contributed by atoms with van der Waals surface area (Å²) in [6.07, 6.45) is -2.91. The molecular formula is C26H32F3N5O4. The normalized spacial score (nSPS) is 20.7. The molecule has 1 amide bonds. The third kappa shape index (κ3) is 5.51. The Morgan fingerprint density at radius 3 is 2.55 bits per heavy atom. The molecule has 1 aromatic heterocycles. The summed E-state index contributed by atoms with van der Waals surface area (Å²) in [5.74, 6) is 0.0799. The molecule has 0 spiro atoms. The van der Waals surface area contributed by atoms with Crippen LogP contribution in [0.25, 0.3) is 11.3 Å². The van der Waals surface area contributed by atoms with Crippen LogP contribution in [0.1, 0.15) is 50.3 Å². The summed E-state index contributed by atoms with van der Waals surface area (Å²) in [5.41, 5.74) is 0.552. The van der Waals surface area contributed by atoms with Crippen molar-refractivity contribution < 1.29 is 32.5 Å². The van der Waals surface area contributed by atoms with Crippen LogP contribution in [0.5, 0.6) is 5.75 Å². The number of fused-ring (bicyclic) bond motifs is 1. The van der Waals surface area contributed by atoms with Gasteiger partial charge >= 0.3 is 12.3 Å². The number of hydrogen-bond acceptors (Lipinski definition) is 8. The molecule has 3 aliphatic heterocycles. The van der Waals surface area contributed by atoms with E-state index in [1.165, 1.54) is 6.07 Å². The third-order valence-electron chi connectivity index (χ3n) is 7.08. The molecule has 2 fully saturated rings. The van der Waals surface area contributed by atoms with Crippen LogP contribution in [0, 0.1) is 0 Å². The van der Waals surface area contributed by atoms with E-state index in [4.69, 9.17) is 9.47 Å². The number of carbonyl (C=O) groups excluding carboxylic acids is 1. The van der Waals surface area contributed by atoms with Crippen molar-refractivity contribution in [1.29, 1.82) is 0 Å². The summed E-state index contributed by atoms with van der Waals surface area (Å²) in [6.45, 7) is 9.09. The van der Waals surface area contributed by atoms with Crippen LogP contribution < -0.4 is 5.32 Å². The molecule has 12 heteroatoms. The Hall–Kier alpha value is -3.12. The van der Waals surface area contributed by atoms with Crippen LogP contribution in [-0.4, -0.2) is 75.1 Å². The van der Waals surface area contributed by atoms with Gasteiger partial charge in [-0.25, -0.2) is 4.79 Å². The van der Waals surface area contributed by atoms with Crippen molar-refractivity contribution in [3.05, 3.63) is 34.9 Å². The number of alkyl halides is 3. The average molecular weight is 536 g/mol. The average Bonchev–Trinajstić information content (AvgIpc) is 3.28. The first kappa shape index (κ1) is 26.5. The second-order valence-corrected chi connectivity index (χ2v) is 11.1. The molecule has 0 saturated carbocycles.